The molecule has 1 saturated heterocycles. The van der Waals surface area contributed by atoms with Crippen LogP contribution in [0.5, 0.6) is 0 Å². The first-order chi connectivity index (χ1) is 10.0. The first-order valence-electron chi connectivity index (χ1n) is 7.35. The molecule has 0 aliphatic carbocycles. The number of benzene rings is 1. The van der Waals surface area contributed by atoms with Crippen LogP contribution in [0.3, 0.4) is 0 Å². The second kappa shape index (κ2) is 6.61. The summed E-state index contributed by atoms with van der Waals surface area (Å²) in [7, 11) is 0. The number of nitrogens with zero attached hydrogens (tertiary/aromatic N) is 1. The van der Waals surface area contributed by atoms with Crippen LogP contribution in [0, 0.1) is 5.92 Å². The van der Waals surface area contributed by atoms with Crippen molar-refractivity contribution in [3.05, 3.63) is 35.9 Å². The van der Waals surface area contributed by atoms with E-state index in [1.807, 2.05) is 13.0 Å². The van der Waals surface area contributed by atoms with Crippen molar-refractivity contribution in [2.24, 2.45) is 5.92 Å². The number of carbonyl (C=O) groups excluding carboxylic acids is 1. The molecule has 1 aromatic rings. The van der Waals surface area contributed by atoms with E-state index in [0.29, 0.717) is 18.0 Å². The number of hydrogen-bond donors (Lipinski definition) is 2. The van der Waals surface area contributed by atoms with E-state index in [2.05, 4.69) is 12.2 Å². The quantitative estimate of drug-likeness (QED) is 0.899. The van der Waals surface area contributed by atoms with Gasteiger partial charge < -0.3 is 15.3 Å². The topological polar surface area (TPSA) is 69.6 Å². The summed E-state index contributed by atoms with van der Waals surface area (Å²) in [5, 5.41) is 12.0. The Hall–Kier alpha value is -2.04. The molecular weight excluding hydrogens is 268 g/mol. The van der Waals surface area contributed by atoms with Crippen molar-refractivity contribution in [3.63, 3.8) is 0 Å². The third kappa shape index (κ3) is 3.54. The van der Waals surface area contributed by atoms with Crippen molar-refractivity contribution in [1.82, 2.24) is 10.2 Å². The predicted octanol–water partition coefficient (Wildman–Crippen LogP) is 2.64. The fraction of sp³-hybridized carbons (Fsp3) is 0.500. The zero-order valence-corrected chi connectivity index (χ0v) is 12.5. The maximum Gasteiger partial charge on any atom is 0.330 e. The molecule has 21 heavy (non-hydrogen) atoms. The second-order valence-electron chi connectivity index (χ2n) is 5.68. The molecule has 114 valence electrons. The Bertz CT molecular complexity index is 504. The third-order valence-electron chi connectivity index (χ3n) is 4.28. The summed E-state index contributed by atoms with van der Waals surface area (Å²) in [6, 6.07) is 7.59. The highest BCUT2D eigenvalue weighted by atomic mass is 16.4. The number of likely N-dealkylation sites (tertiary alicyclic amines) is 1. The Labute approximate surface area is 125 Å². The second-order valence-corrected chi connectivity index (χ2v) is 5.68. The predicted molar refractivity (Wildman–Crippen MR) is 79.9 cm³/mol. The molecule has 0 radical (unpaired) electrons. The van der Waals surface area contributed by atoms with Crippen LogP contribution in [-0.4, -0.2) is 34.6 Å². The normalized spacial score (nSPS) is 23.4. The van der Waals surface area contributed by atoms with Crippen LogP contribution in [0.4, 0.5) is 4.79 Å². The van der Waals surface area contributed by atoms with E-state index >= 15 is 0 Å². The van der Waals surface area contributed by atoms with Crippen LogP contribution in [0.2, 0.25) is 0 Å². The van der Waals surface area contributed by atoms with Gasteiger partial charge in [-0.25, -0.2) is 9.59 Å². The lowest BCUT2D eigenvalue weighted by Crippen LogP contribution is -2.51. The highest BCUT2D eigenvalue weighted by Crippen LogP contribution is 2.23. The van der Waals surface area contributed by atoms with Crippen molar-refractivity contribution in [2.45, 2.75) is 38.8 Å². The molecule has 2 amide bonds. The Morgan fingerprint density at radius 1 is 1.29 bits per heavy atom. The number of amides is 2. The average Bonchev–Trinajstić information content (AvgIpc) is 2.48. The van der Waals surface area contributed by atoms with Gasteiger partial charge in [0, 0.05) is 12.6 Å². The first-order valence-corrected chi connectivity index (χ1v) is 7.35. The Balaban J connectivity index is 2.10. The molecule has 1 fully saturated rings. The number of carboxylic acids is 1. The molecular formula is C16H22N2O3. The van der Waals surface area contributed by atoms with Crippen LogP contribution >= 0.6 is 0 Å². The first kappa shape index (κ1) is 15.4. The van der Waals surface area contributed by atoms with E-state index in [9.17, 15) is 14.7 Å². The van der Waals surface area contributed by atoms with Crippen LogP contribution in [-0.2, 0) is 4.79 Å². The molecule has 5 heteroatoms. The number of carbonyl (C=O) groups is 2. The van der Waals surface area contributed by atoms with Gasteiger partial charge in [-0.3, -0.25) is 0 Å². The number of rotatable bonds is 3. The SMILES string of the molecule is CC1CCCN(C(=O)N[C@H](C(=O)O)c2ccccc2)C1C. The third-order valence-corrected chi connectivity index (χ3v) is 4.28. The molecule has 0 saturated carbocycles. The van der Waals surface area contributed by atoms with Gasteiger partial charge in [0.25, 0.3) is 0 Å². The summed E-state index contributed by atoms with van der Waals surface area (Å²) >= 11 is 0. The number of carboxylic acid groups (broad SMARTS) is 1. The number of aliphatic carboxylic acids is 1. The minimum Gasteiger partial charge on any atom is -0.479 e. The lowest BCUT2D eigenvalue weighted by Gasteiger charge is -2.38. The van der Waals surface area contributed by atoms with Crippen LogP contribution in [0.25, 0.3) is 0 Å². The summed E-state index contributed by atoms with van der Waals surface area (Å²) < 4.78 is 0. The zero-order chi connectivity index (χ0) is 15.4. The molecule has 1 aromatic carbocycles. The highest BCUT2D eigenvalue weighted by molar-refractivity contribution is 5.83. The molecule has 0 spiro atoms. The van der Waals surface area contributed by atoms with Gasteiger partial charge in [0.2, 0.25) is 0 Å². The standard InChI is InChI=1S/C16H22N2O3/c1-11-7-6-10-18(12(11)2)16(21)17-14(15(19)20)13-8-4-3-5-9-13/h3-5,8-9,11-12,14H,6-7,10H2,1-2H3,(H,17,21)(H,19,20)/t11?,12?,14-/m0/s1. The monoisotopic (exact) mass is 290 g/mol. The van der Waals surface area contributed by atoms with E-state index in [1.54, 1.807) is 29.2 Å². The molecule has 2 N–H and O–H groups in total. The minimum absolute atomic E-state index is 0.129. The van der Waals surface area contributed by atoms with Gasteiger partial charge >= 0.3 is 12.0 Å². The summed E-state index contributed by atoms with van der Waals surface area (Å²) in [5.74, 6) is -0.614. The van der Waals surface area contributed by atoms with Crippen molar-refractivity contribution >= 4 is 12.0 Å². The molecule has 2 rings (SSSR count). The molecule has 3 atom stereocenters. The Morgan fingerprint density at radius 3 is 2.57 bits per heavy atom. The van der Waals surface area contributed by atoms with E-state index in [1.165, 1.54) is 0 Å². The number of hydrogen-bond acceptors (Lipinski definition) is 2. The Kier molecular flexibility index (Phi) is 4.83. The molecule has 0 aromatic heterocycles. The minimum atomic E-state index is -1.05. The summed E-state index contributed by atoms with van der Waals surface area (Å²) in [6.07, 6.45) is 2.06. The van der Waals surface area contributed by atoms with Gasteiger partial charge in [0.1, 0.15) is 0 Å². The molecule has 1 aliphatic rings. The Morgan fingerprint density at radius 2 is 1.95 bits per heavy atom. The molecule has 1 heterocycles. The highest BCUT2D eigenvalue weighted by Gasteiger charge is 2.31. The van der Waals surface area contributed by atoms with E-state index in [-0.39, 0.29) is 12.1 Å². The van der Waals surface area contributed by atoms with Gasteiger partial charge in [0.15, 0.2) is 6.04 Å². The average molecular weight is 290 g/mol. The number of urea groups is 1. The molecule has 2 unspecified atom stereocenters. The van der Waals surface area contributed by atoms with Gasteiger partial charge in [-0.05, 0) is 31.2 Å². The fourth-order valence-electron chi connectivity index (χ4n) is 2.76. The van der Waals surface area contributed by atoms with Crippen molar-refractivity contribution < 1.29 is 14.7 Å². The fourth-order valence-corrected chi connectivity index (χ4v) is 2.76. The van der Waals surface area contributed by atoms with Crippen molar-refractivity contribution in [3.8, 4) is 0 Å². The van der Waals surface area contributed by atoms with Crippen LogP contribution in [0.1, 0.15) is 38.3 Å². The molecule has 0 bridgehead atoms. The summed E-state index contributed by atoms with van der Waals surface area (Å²) in [5.41, 5.74) is 0.580. The maximum absolute atomic E-state index is 12.4. The number of piperidine rings is 1. The maximum atomic E-state index is 12.4. The van der Waals surface area contributed by atoms with Gasteiger partial charge in [0.05, 0.1) is 0 Å². The van der Waals surface area contributed by atoms with Gasteiger partial charge in [-0.2, -0.15) is 0 Å². The van der Waals surface area contributed by atoms with Crippen LogP contribution < -0.4 is 5.32 Å². The van der Waals surface area contributed by atoms with Crippen LogP contribution in [0.15, 0.2) is 30.3 Å². The summed E-state index contributed by atoms with van der Waals surface area (Å²) in [4.78, 5) is 25.6. The summed E-state index contributed by atoms with van der Waals surface area (Å²) in [6.45, 7) is 4.82. The van der Waals surface area contributed by atoms with Gasteiger partial charge in [-0.1, -0.05) is 37.3 Å². The van der Waals surface area contributed by atoms with E-state index < -0.39 is 12.0 Å². The number of nitrogens with one attached hydrogen (secondary N) is 1. The van der Waals surface area contributed by atoms with E-state index in [0.717, 1.165) is 12.8 Å². The lowest BCUT2D eigenvalue weighted by atomic mass is 9.92. The van der Waals surface area contributed by atoms with Crippen molar-refractivity contribution in [2.75, 3.05) is 6.54 Å². The van der Waals surface area contributed by atoms with Gasteiger partial charge in [-0.15, -0.1) is 0 Å². The van der Waals surface area contributed by atoms with E-state index in [4.69, 9.17) is 0 Å². The smallest absolute Gasteiger partial charge is 0.330 e. The molecule has 1 aliphatic heterocycles. The van der Waals surface area contributed by atoms with Crippen molar-refractivity contribution in [1.29, 1.82) is 0 Å². The zero-order valence-electron chi connectivity index (χ0n) is 12.5. The largest absolute Gasteiger partial charge is 0.479 e. The lowest BCUT2D eigenvalue weighted by molar-refractivity contribution is -0.139. The molecule has 5 nitrogen and oxygen atoms in total.